The molecule has 0 aliphatic carbocycles. The van der Waals surface area contributed by atoms with Gasteiger partial charge in [0.1, 0.15) is 11.3 Å². The quantitative estimate of drug-likeness (QED) is 0.531. The van der Waals surface area contributed by atoms with E-state index in [0.717, 1.165) is 11.8 Å². The van der Waals surface area contributed by atoms with Crippen LogP contribution in [0.25, 0.3) is 10.9 Å². The smallest absolute Gasteiger partial charge is 0.261 e. The number of aromatic amines is 1. The Morgan fingerprint density at radius 2 is 2.28 bits per heavy atom. The number of rotatable bonds is 1. The number of aromatic nitrogens is 1. The van der Waals surface area contributed by atoms with Gasteiger partial charge in [0.15, 0.2) is 5.11 Å². The molecular weight excluding hydrogens is 250 g/mol. The largest absolute Gasteiger partial charge is 0.506 e. The molecule has 0 aliphatic rings. The van der Waals surface area contributed by atoms with Crippen LogP contribution in [0.5, 0.6) is 5.75 Å². The number of nitrogens with zero attached hydrogens (tertiary/aromatic N) is 1. The standard InChI is InChI=1S/C12H11N3O2S/c1-6-2-3-9-7(4-6)10(16)8(11(17)15-9)5-14-12(13)18/h2-5H,1H3,(H2,13,18)(H2,15,16,17)/b14-5+. The second-order valence-corrected chi connectivity index (χ2v) is 4.28. The van der Waals surface area contributed by atoms with Crippen molar-refractivity contribution in [3.05, 3.63) is 39.7 Å². The molecule has 0 unspecified atom stereocenters. The van der Waals surface area contributed by atoms with E-state index in [4.69, 9.17) is 5.73 Å². The van der Waals surface area contributed by atoms with Crippen LogP contribution in [0.2, 0.25) is 0 Å². The summed E-state index contributed by atoms with van der Waals surface area (Å²) in [4.78, 5) is 18.1. The molecule has 92 valence electrons. The lowest BCUT2D eigenvalue weighted by molar-refractivity contribution is 0.479. The molecule has 0 saturated heterocycles. The number of nitrogens with two attached hydrogens (primary N) is 1. The molecule has 1 heterocycles. The van der Waals surface area contributed by atoms with Gasteiger partial charge in [-0.05, 0) is 31.3 Å². The van der Waals surface area contributed by atoms with E-state index in [2.05, 4.69) is 22.2 Å². The maximum atomic E-state index is 11.8. The van der Waals surface area contributed by atoms with Crippen LogP contribution in [-0.2, 0) is 0 Å². The molecule has 2 aromatic rings. The van der Waals surface area contributed by atoms with Crippen LogP contribution in [0, 0.1) is 6.92 Å². The lowest BCUT2D eigenvalue weighted by atomic mass is 10.1. The predicted molar refractivity (Wildman–Crippen MR) is 75.3 cm³/mol. The first-order valence-corrected chi connectivity index (χ1v) is 5.59. The maximum Gasteiger partial charge on any atom is 0.261 e. The summed E-state index contributed by atoms with van der Waals surface area (Å²) in [5.41, 5.74) is 6.36. The maximum absolute atomic E-state index is 11.8. The van der Waals surface area contributed by atoms with Crippen molar-refractivity contribution in [2.75, 3.05) is 0 Å². The van der Waals surface area contributed by atoms with E-state index in [-0.39, 0.29) is 16.4 Å². The fourth-order valence-corrected chi connectivity index (χ4v) is 1.71. The number of hydrogen-bond donors (Lipinski definition) is 3. The SMILES string of the molecule is Cc1ccc2[nH]c(=O)c(/C=N/C(N)=S)c(O)c2c1. The van der Waals surface area contributed by atoms with Gasteiger partial charge in [0.25, 0.3) is 5.56 Å². The van der Waals surface area contributed by atoms with Crippen LogP contribution >= 0.6 is 12.2 Å². The number of hydrogen-bond acceptors (Lipinski definition) is 3. The van der Waals surface area contributed by atoms with Crippen LogP contribution in [0.1, 0.15) is 11.1 Å². The summed E-state index contributed by atoms with van der Waals surface area (Å²) >= 11 is 4.58. The molecule has 0 radical (unpaired) electrons. The third kappa shape index (κ3) is 2.23. The highest BCUT2D eigenvalue weighted by Crippen LogP contribution is 2.24. The fraction of sp³-hybridized carbons (Fsp3) is 0.0833. The molecule has 4 N–H and O–H groups in total. The lowest BCUT2D eigenvalue weighted by Gasteiger charge is -2.04. The number of H-pyrrole nitrogens is 1. The van der Waals surface area contributed by atoms with Gasteiger partial charge in [0.05, 0.1) is 5.52 Å². The first-order chi connectivity index (χ1) is 8.49. The summed E-state index contributed by atoms with van der Waals surface area (Å²) < 4.78 is 0. The zero-order valence-electron chi connectivity index (χ0n) is 9.60. The third-order valence-electron chi connectivity index (χ3n) is 2.50. The molecule has 1 aromatic heterocycles. The Labute approximate surface area is 108 Å². The molecule has 6 heteroatoms. The van der Waals surface area contributed by atoms with Crippen molar-refractivity contribution in [3.8, 4) is 5.75 Å². The molecule has 0 saturated carbocycles. The van der Waals surface area contributed by atoms with E-state index >= 15 is 0 Å². The van der Waals surface area contributed by atoms with Crippen molar-refractivity contribution < 1.29 is 5.11 Å². The average molecular weight is 261 g/mol. The molecule has 0 bridgehead atoms. The number of aryl methyl sites for hydroxylation is 1. The number of fused-ring (bicyclic) bond motifs is 1. The normalized spacial score (nSPS) is 11.2. The van der Waals surface area contributed by atoms with E-state index in [1.807, 2.05) is 13.0 Å². The number of pyridine rings is 1. The first kappa shape index (κ1) is 12.3. The lowest BCUT2D eigenvalue weighted by Crippen LogP contribution is -2.14. The molecule has 0 aliphatic heterocycles. The highest BCUT2D eigenvalue weighted by atomic mass is 32.1. The summed E-state index contributed by atoms with van der Waals surface area (Å²) in [6, 6.07) is 5.36. The number of aromatic hydroxyl groups is 1. The highest BCUT2D eigenvalue weighted by Gasteiger charge is 2.10. The molecule has 2 rings (SSSR count). The molecule has 0 fully saturated rings. The summed E-state index contributed by atoms with van der Waals surface area (Å²) in [5, 5.41) is 10.5. The minimum atomic E-state index is -0.441. The van der Waals surface area contributed by atoms with Crippen LogP contribution in [0.15, 0.2) is 28.0 Å². The van der Waals surface area contributed by atoms with Gasteiger partial charge in [-0.25, -0.2) is 4.99 Å². The van der Waals surface area contributed by atoms with E-state index < -0.39 is 5.56 Å². The van der Waals surface area contributed by atoms with Gasteiger partial charge in [-0.3, -0.25) is 4.79 Å². The average Bonchev–Trinajstić information content (AvgIpc) is 2.30. The van der Waals surface area contributed by atoms with E-state index in [9.17, 15) is 9.90 Å². The van der Waals surface area contributed by atoms with Crippen molar-refractivity contribution in [1.82, 2.24) is 4.98 Å². The third-order valence-corrected chi connectivity index (χ3v) is 2.60. The Kier molecular flexibility index (Phi) is 3.12. The van der Waals surface area contributed by atoms with Crippen LogP contribution < -0.4 is 11.3 Å². The molecule has 0 spiro atoms. The predicted octanol–water partition coefficient (Wildman–Crippen LogP) is 1.20. The van der Waals surface area contributed by atoms with Crippen LogP contribution in [0.4, 0.5) is 0 Å². The fourth-order valence-electron chi connectivity index (χ4n) is 1.65. The van der Waals surface area contributed by atoms with Crippen molar-refractivity contribution in [1.29, 1.82) is 0 Å². The van der Waals surface area contributed by atoms with E-state index in [0.29, 0.717) is 10.9 Å². The van der Waals surface area contributed by atoms with E-state index in [1.165, 1.54) is 0 Å². The summed E-state index contributed by atoms with van der Waals surface area (Å²) in [6.45, 7) is 1.90. The molecule has 5 nitrogen and oxygen atoms in total. The Morgan fingerprint density at radius 1 is 1.56 bits per heavy atom. The topological polar surface area (TPSA) is 91.5 Å². The van der Waals surface area contributed by atoms with Gasteiger partial charge in [0.2, 0.25) is 0 Å². The Balaban J connectivity index is 2.75. The molecule has 18 heavy (non-hydrogen) atoms. The molecular formula is C12H11N3O2S. The number of aliphatic imine (C=N–C) groups is 1. The second kappa shape index (κ2) is 4.58. The van der Waals surface area contributed by atoms with Crippen molar-refractivity contribution in [2.45, 2.75) is 6.92 Å². The zero-order valence-corrected chi connectivity index (χ0v) is 10.4. The summed E-state index contributed by atoms with van der Waals surface area (Å²) in [6.07, 6.45) is 1.16. The van der Waals surface area contributed by atoms with Gasteiger partial charge in [-0.1, -0.05) is 11.6 Å². The van der Waals surface area contributed by atoms with Gasteiger partial charge in [-0.15, -0.1) is 0 Å². The van der Waals surface area contributed by atoms with Gasteiger partial charge >= 0.3 is 0 Å². The zero-order chi connectivity index (χ0) is 13.3. The summed E-state index contributed by atoms with van der Waals surface area (Å²) in [5.74, 6) is -0.127. The number of nitrogens with one attached hydrogen (secondary N) is 1. The molecule has 0 atom stereocenters. The Bertz CT molecular complexity index is 719. The van der Waals surface area contributed by atoms with Crippen LogP contribution in [0.3, 0.4) is 0 Å². The van der Waals surface area contributed by atoms with E-state index in [1.54, 1.807) is 12.1 Å². The minimum Gasteiger partial charge on any atom is -0.506 e. The second-order valence-electron chi connectivity index (χ2n) is 3.86. The van der Waals surface area contributed by atoms with Gasteiger partial charge in [0, 0.05) is 11.6 Å². The van der Waals surface area contributed by atoms with Crippen molar-refractivity contribution >= 4 is 34.4 Å². The number of benzene rings is 1. The monoisotopic (exact) mass is 261 g/mol. The molecule has 1 aromatic carbocycles. The Morgan fingerprint density at radius 3 is 2.94 bits per heavy atom. The summed E-state index contributed by atoms with van der Waals surface area (Å²) in [7, 11) is 0. The van der Waals surface area contributed by atoms with Crippen molar-refractivity contribution in [3.63, 3.8) is 0 Å². The minimum absolute atomic E-state index is 0.0425. The highest BCUT2D eigenvalue weighted by molar-refractivity contribution is 7.80. The van der Waals surface area contributed by atoms with Gasteiger partial charge in [-0.2, -0.15) is 0 Å². The first-order valence-electron chi connectivity index (χ1n) is 5.18. The number of thiocarbonyl (C=S) groups is 1. The molecule has 0 amide bonds. The van der Waals surface area contributed by atoms with Crippen LogP contribution in [-0.4, -0.2) is 21.4 Å². The Hall–Kier alpha value is -2.21. The van der Waals surface area contributed by atoms with Crippen molar-refractivity contribution in [2.24, 2.45) is 10.7 Å². The van der Waals surface area contributed by atoms with Gasteiger partial charge < -0.3 is 15.8 Å².